The van der Waals surface area contributed by atoms with Crippen molar-refractivity contribution in [2.75, 3.05) is 25.5 Å². The van der Waals surface area contributed by atoms with Crippen LogP contribution in [0.4, 0.5) is 10.5 Å². The third-order valence-electron chi connectivity index (χ3n) is 5.36. The number of rotatable bonds is 3. The fourth-order valence-corrected chi connectivity index (χ4v) is 4.49. The lowest BCUT2D eigenvalue weighted by Gasteiger charge is -2.46. The van der Waals surface area contributed by atoms with Gasteiger partial charge in [-0.15, -0.1) is 0 Å². The number of urea groups is 1. The second-order valence-electron chi connectivity index (χ2n) is 6.92. The number of methoxy groups -OCH3 is 1. The molecule has 0 bridgehead atoms. The zero-order valence-corrected chi connectivity index (χ0v) is 16.3. The predicted molar refractivity (Wildman–Crippen MR) is 105 cm³/mol. The van der Waals surface area contributed by atoms with Gasteiger partial charge in [0.25, 0.3) is 0 Å². The average molecular weight is 416 g/mol. The second kappa shape index (κ2) is 6.93. The van der Waals surface area contributed by atoms with E-state index in [0.717, 1.165) is 53.9 Å². The Hall–Kier alpha value is -2.05. The molecule has 2 aromatic rings. The third kappa shape index (κ3) is 3.08. The Kier molecular flexibility index (Phi) is 4.63. The second-order valence-corrected chi connectivity index (χ2v) is 7.78. The number of benzene rings is 2. The summed E-state index contributed by atoms with van der Waals surface area (Å²) in [4.78, 5) is 14.8. The van der Waals surface area contributed by atoms with Gasteiger partial charge in [-0.25, -0.2) is 4.79 Å². The highest BCUT2D eigenvalue weighted by molar-refractivity contribution is 9.10. The quantitative estimate of drug-likeness (QED) is 0.793. The molecule has 0 radical (unpaired) electrons. The minimum absolute atomic E-state index is 0.150. The normalized spacial score (nSPS) is 18.8. The molecule has 0 atom stereocenters. The fraction of sp³-hybridized carbons (Fsp3) is 0.350. The summed E-state index contributed by atoms with van der Waals surface area (Å²) in [5.41, 5.74) is 2.80. The van der Waals surface area contributed by atoms with E-state index < -0.39 is 0 Å². The number of ether oxygens (including phenoxy) is 1. The van der Waals surface area contributed by atoms with Crippen LogP contribution >= 0.6 is 15.9 Å². The van der Waals surface area contributed by atoms with Crippen molar-refractivity contribution in [3.63, 3.8) is 0 Å². The van der Waals surface area contributed by atoms with Gasteiger partial charge in [-0.1, -0.05) is 30.3 Å². The molecule has 2 aliphatic rings. The van der Waals surface area contributed by atoms with Crippen LogP contribution in [-0.4, -0.2) is 31.1 Å². The van der Waals surface area contributed by atoms with Crippen molar-refractivity contribution in [1.29, 1.82) is 0 Å². The van der Waals surface area contributed by atoms with Crippen molar-refractivity contribution in [1.82, 2.24) is 10.2 Å². The van der Waals surface area contributed by atoms with Gasteiger partial charge in [-0.2, -0.15) is 0 Å². The van der Waals surface area contributed by atoms with Gasteiger partial charge in [-0.05, 0) is 46.5 Å². The lowest BCUT2D eigenvalue weighted by molar-refractivity contribution is 0.130. The van der Waals surface area contributed by atoms with E-state index in [1.165, 1.54) is 5.56 Å². The van der Waals surface area contributed by atoms with Crippen LogP contribution in [0.15, 0.2) is 46.9 Å². The van der Waals surface area contributed by atoms with E-state index in [0.29, 0.717) is 0 Å². The molecule has 0 unspecified atom stereocenters. The summed E-state index contributed by atoms with van der Waals surface area (Å²) in [5.74, 6) is 0.812. The molecule has 0 saturated carbocycles. The third-order valence-corrected chi connectivity index (χ3v) is 6.03. The van der Waals surface area contributed by atoms with Crippen molar-refractivity contribution in [3.05, 3.63) is 58.1 Å². The number of amides is 2. The lowest BCUT2D eigenvalue weighted by Crippen LogP contribution is -2.56. The van der Waals surface area contributed by atoms with Gasteiger partial charge in [-0.3, -0.25) is 4.90 Å². The molecule has 26 heavy (non-hydrogen) atoms. The molecule has 1 spiro atoms. The average Bonchev–Trinajstić information content (AvgIpc) is 2.65. The summed E-state index contributed by atoms with van der Waals surface area (Å²) in [5, 5.41) is 6.13. The van der Waals surface area contributed by atoms with Crippen LogP contribution in [0.3, 0.4) is 0 Å². The Morgan fingerprint density at radius 2 is 1.88 bits per heavy atom. The molecule has 0 aliphatic carbocycles. The molecule has 0 aromatic heterocycles. The zero-order valence-electron chi connectivity index (χ0n) is 14.7. The smallest absolute Gasteiger partial charge is 0.319 e. The number of likely N-dealkylation sites (tertiary alicyclic amines) is 1. The molecule has 5 nitrogen and oxygen atoms in total. The number of halogens is 1. The Labute approximate surface area is 161 Å². The Morgan fingerprint density at radius 3 is 2.58 bits per heavy atom. The number of carbonyl (C=O) groups excluding carboxylic acids is 1. The lowest BCUT2D eigenvalue weighted by atomic mass is 9.78. The number of fused-ring (bicyclic) bond motifs is 2. The summed E-state index contributed by atoms with van der Waals surface area (Å²) in [6, 6.07) is 14.2. The van der Waals surface area contributed by atoms with Gasteiger partial charge in [0.15, 0.2) is 0 Å². The molecular weight excluding hydrogens is 394 g/mol. The first kappa shape index (κ1) is 17.4. The number of nitrogens with one attached hydrogen (secondary N) is 2. The van der Waals surface area contributed by atoms with Gasteiger partial charge in [0.2, 0.25) is 0 Å². The maximum Gasteiger partial charge on any atom is 0.319 e. The van der Waals surface area contributed by atoms with E-state index in [4.69, 9.17) is 4.74 Å². The molecule has 1 fully saturated rings. The van der Waals surface area contributed by atoms with Gasteiger partial charge in [0, 0.05) is 29.7 Å². The van der Waals surface area contributed by atoms with Crippen molar-refractivity contribution in [3.8, 4) is 5.75 Å². The highest BCUT2D eigenvalue weighted by Gasteiger charge is 2.44. The van der Waals surface area contributed by atoms with E-state index >= 15 is 0 Å². The van der Waals surface area contributed by atoms with Gasteiger partial charge in [0.1, 0.15) is 5.75 Å². The number of hydrogen-bond donors (Lipinski definition) is 2. The first-order chi connectivity index (χ1) is 12.6. The molecule has 2 aromatic carbocycles. The Bertz CT molecular complexity index is 817. The standard InChI is InChI=1S/C20H22BrN3O2/c1-26-16-8-7-15(21)18-17(16)20(23-19(25)22-18)9-11-24(12-10-20)13-14-5-3-2-4-6-14/h2-8H,9-13H2,1H3,(H2,22,23,25). The molecule has 136 valence electrons. The summed E-state index contributed by atoms with van der Waals surface area (Å²) in [6.45, 7) is 2.78. The number of carbonyl (C=O) groups is 1. The van der Waals surface area contributed by atoms with Gasteiger partial charge >= 0.3 is 6.03 Å². The fourth-order valence-electron chi connectivity index (χ4n) is 4.06. The van der Waals surface area contributed by atoms with Crippen LogP contribution in [-0.2, 0) is 12.1 Å². The van der Waals surface area contributed by atoms with Crippen molar-refractivity contribution in [2.45, 2.75) is 24.9 Å². The summed E-state index contributed by atoms with van der Waals surface area (Å²) in [6.07, 6.45) is 1.71. The molecule has 2 heterocycles. The van der Waals surface area contributed by atoms with Gasteiger partial charge in [0.05, 0.1) is 18.3 Å². The summed E-state index contributed by atoms with van der Waals surface area (Å²) in [7, 11) is 1.68. The highest BCUT2D eigenvalue weighted by Crippen LogP contribution is 2.47. The van der Waals surface area contributed by atoms with Crippen LogP contribution in [0.2, 0.25) is 0 Å². The molecule has 2 N–H and O–H groups in total. The van der Waals surface area contributed by atoms with Crippen LogP contribution in [0, 0.1) is 0 Å². The first-order valence-corrected chi connectivity index (χ1v) is 9.63. The van der Waals surface area contributed by atoms with E-state index in [2.05, 4.69) is 55.7 Å². The maximum atomic E-state index is 12.3. The van der Waals surface area contributed by atoms with Crippen LogP contribution < -0.4 is 15.4 Å². The van der Waals surface area contributed by atoms with Crippen LogP contribution in [0.25, 0.3) is 0 Å². The number of hydrogen-bond acceptors (Lipinski definition) is 3. The number of anilines is 1. The van der Waals surface area contributed by atoms with Crippen molar-refractivity contribution >= 4 is 27.6 Å². The number of nitrogens with zero attached hydrogens (tertiary/aromatic N) is 1. The largest absolute Gasteiger partial charge is 0.496 e. The topological polar surface area (TPSA) is 53.6 Å². The van der Waals surface area contributed by atoms with E-state index in [9.17, 15) is 4.79 Å². The Morgan fingerprint density at radius 1 is 1.15 bits per heavy atom. The molecular formula is C20H22BrN3O2. The minimum atomic E-state index is -0.389. The van der Waals surface area contributed by atoms with Crippen LogP contribution in [0.5, 0.6) is 5.75 Å². The first-order valence-electron chi connectivity index (χ1n) is 8.84. The van der Waals surface area contributed by atoms with Crippen LogP contribution in [0.1, 0.15) is 24.0 Å². The SMILES string of the molecule is COc1ccc(Br)c2c1C1(CCN(Cc3ccccc3)CC1)NC(=O)N2. The monoisotopic (exact) mass is 415 g/mol. The zero-order chi connectivity index (χ0) is 18.1. The number of piperidine rings is 1. The molecule has 2 amide bonds. The predicted octanol–water partition coefficient (Wildman–Crippen LogP) is 4.08. The van der Waals surface area contributed by atoms with E-state index in [1.54, 1.807) is 7.11 Å². The van der Waals surface area contributed by atoms with Crippen molar-refractivity contribution < 1.29 is 9.53 Å². The molecule has 6 heteroatoms. The van der Waals surface area contributed by atoms with E-state index in [1.807, 2.05) is 18.2 Å². The summed E-state index contributed by atoms with van der Waals surface area (Å²) >= 11 is 3.57. The minimum Gasteiger partial charge on any atom is -0.496 e. The summed E-state index contributed by atoms with van der Waals surface area (Å²) < 4.78 is 6.51. The van der Waals surface area contributed by atoms with Gasteiger partial charge < -0.3 is 15.4 Å². The van der Waals surface area contributed by atoms with Crippen molar-refractivity contribution in [2.24, 2.45) is 0 Å². The molecule has 4 rings (SSSR count). The molecule has 2 aliphatic heterocycles. The van der Waals surface area contributed by atoms with E-state index in [-0.39, 0.29) is 11.6 Å². The Balaban J connectivity index is 1.61. The maximum absolute atomic E-state index is 12.3. The highest BCUT2D eigenvalue weighted by atomic mass is 79.9. The molecule has 1 saturated heterocycles.